The highest BCUT2D eigenvalue weighted by molar-refractivity contribution is 9.10. The molecule has 1 aromatic carbocycles. The van der Waals surface area contributed by atoms with Crippen molar-refractivity contribution in [1.29, 1.82) is 0 Å². The topological polar surface area (TPSA) is 24.9 Å². The number of aromatic nitrogens is 1. The number of hydrogen-bond donors (Lipinski definition) is 1. The Morgan fingerprint density at radius 2 is 2.24 bits per heavy atom. The second-order valence-electron chi connectivity index (χ2n) is 3.70. The molecule has 0 spiro atoms. The van der Waals surface area contributed by atoms with Gasteiger partial charge in [0, 0.05) is 27.5 Å². The molecule has 0 saturated heterocycles. The zero-order chi connectivity index (χ0) is 12.3. The van der Waals surface area contributed by atoms with Crippen molar-refractivity contribution < 1.29 is 0 Å². The van der Waals surface area contributed by atoms with Gasteiger partial charge in [-0.2, -0.15) is 0 Å². The monoisotopic (exact) mass is 330 g/mol. The summed E-state index contributed by atoms with van der Waals surface area (Å²) in [5, 5.41) is 4.16. The third-order valence-corrected chi connectivity index (χ3v) is 4.40. The average molecular weight is 332 g/mol. The van der Waals surface area contributed by atoms with Crippen LogP contribution in [0.25, 0.3) is 0 Å². The van der Waals surface area contributed by atoms with Crippen LogP contribution >= 0.6 is 38.9 Å². The lowest BCUT2D eigenvalue weighted by Gasteiger charge is -2.06. The van der Waals surface area contributed by atoms with Crippen molar-refractivity contribution >= 4 is 38.9 Å². The van der Waals surface area contributed by atoms with Gasteiger partial charge in [-0.05, 0) is 30.7 Å². The van der Waals surface area contributed by atoms with Gasteiger partial charge in [0.15, 0.2) is 0 Å². The number of thiazole rings is 1. The van der Waals surface area contributed by atoms with Crippen molar-refractivity contribution in [3.63, 3.8) is 0 Å². The van der Waals surface area contributed by atoms with Crippen molar-refractivity contribution in [3.8, 4) is 0 Å². The molecule has 5 heteroatoms. The molecule has 0 bridgehead atoms. The Labute approximate surface area is 118 Å². The normalized spacial score (nSPS) is 10.8. The Kier molecular flexibility index (Phi) is 4.56. The molecule has 2 aromatic rings. The zero-order valence-electron chi connectivity index (χ0n) is 9.34. The highest BCUT2D eigenvalue weighted by Crippen LogP contribution is 2.21. The van der Waals surface area contributed by atoms with E-state index in [2.05, 4.69) is 26.2 Å². The van der Waals surface area contributed by atoms with Crippen LogP contribution < -0.4 is 5.32 Å². The molecule has 1 heterocycles. The van der Waals surface area contributed by atoms with Crippen LogP contribution in [0.1, 0.15) is 16.1 Å². The third-order valence-electron chi connectivity index (χ3n) is 2.45. The van der Waals surface area contributed by atoms with Gasteiger partial charge in [-0.15, -0.1) is 11.3 Å². The molecule has 0 atom stereocenters. The number of benzene rings is 1. The second-order valence-corrected chi connectivity index (χ2v) is 5.93. The van der Waals surface area contributed by atoms with E-state index in [1.807, 2.05) is 30.6 Å². The van der Waals surface area contributed by atoms with Gasteiger partial charge in [-0.25, -0.2) is 4.98 Å². The number of halogens is 2. The summed E-state index contributed by atoms with van der Waals surface area (Å²) in [4.78, 5) is 5.50. The first-order valence-corrected chi connectivity index (χ1v) is 7.25. The largest absolute Gasteiger partial charge is 0.308 e. The summed E-state index contributed by atoms with van der Waals surface area (Å²) < 4.78 is 1.08. The molecule has 0 unspecified atom stereocenters. The lowest BCUT2D eigenvalue weighted by atomic mass is 10.2. The molecule has 0 aliphatic rings. The predicted octanol–water partition coefficient (Wildman–Crippen LogP) is 4.16. The van der Waals surface area contributed by atoms with Crippen LogP contribution in [0.15, 0.2) is 28.2 Å². The summed E-state index contributed by atoms with van der Waals surface area (Å²) in [5.41, 5.74) is 4.15. The van der Waals surface area contributed by atoms with E-state index in [1.165, 1.54) is 10.4 Å². The number of hydrogen-bond acceptors (Lipinski definition) is 3. The molecule has 0 aliphatic carbocycles. The summed E-state index contributed by atoms with van der Waals surface area (Å²) in [6.07, 6.45) is 0. The first-order chi connectivity index (χ1) is 8.16. The summed E-state index contributed by atoms with van der Waals surface area (Å²) in [6, 6.07) is 5.82. The highest BCUT2D eigenvalue weighted by atomic mass is 79.9. The molecule has 0 aliphatic heterocycles. The Morgan fingerprint density at radius 1 is 1.41 bits per heavy atom. The Bertz CT molecular complexity index is 513. The van der Waals surface area contributed by atoms with Gasteiger partial charge < -0.3 is 5.32 Å². The maximum Gasteiger partial charge on any atom is 0.0798 e. The quantitative estimate of drug-likeness (QED) is 0.910. The van der Waals surface area contributed by atoms with Crippen LogP contribution in [-0.2, 0) is 13.1 Å². The number of aryl methyl sites for hydroxylation is 1. The minimum Gasteiger partial charge on any atom is -0.308 e. The maximum absolute atomic E-state index is 5.96. The third kappa shape index (κ3) is 3.52. The van der Waals surface area contributed by atoms with Gasteiger partial charge >= 0.3 is 0 Å². The van der Waals surface area contributed by atoms with Crippen molar-refractivity contribution in [2.24, 2.45) is 0 Å². The van der Waals surface area contributed by atoms with Gasteiger partial charge in [0.25, 0.3) is 0 Å². The van der Waals surface area contributed by atoms with Crippen LogP contribution in [0.2, 0.25) is 5.02 Å². The number of nitrogens with one attached hydrogen (secondary N) is 1. The molecule has 0 radical (unpaired) electrons. The molecule has 0 fully saturated rings. The second kappa shape index (κ2) is 5.96. The Morgan fingerprint density at radius 3 is 2.94 bits per heavy atom. The molecule has 2 rings (SSSR count). The maximum atomic E-state index is 5.96. The Hall–Kier alpha value is -0.420. The average Bonchev–Trinajstić information content (AvgIpc) is 2.70. The van der Waals surface area contributed by atoms with Gasteiger partial charge in [0.05, 0.1) is 11.2 Å². The molecule has 2 nitrogen and oxygen atoms in total. The van der Waals surface area contributed by atoms with E-state index in [0.29, 0.717) is 0 Å². The van der Waals surface area contributed by atoms with E-state index in [0.717, 1.165) is 28.3 Å². The van der Waals surface area contributed by atoms with E-state index in [9.17, 15) is 0 Å². The molecule has 1 N–H and O–H groups in total. The van der Waals surface area contributed by atoms with E-state index >= 15 is 0 Å². The Balaban J connectivity index is 1.94. The standard InChI is InChI=1S/C12H12BrClN2S/c1-8-12(17-7-16-8)6-15-5-9-4-10(14)2-3-11(9)13/h2-4,7,15H,5-6H2,1H3. The smallest absolute Gasteiger partial charge is 0.0798 e. The molecule has 1 aromatic heterocycles. The summed E-state index contributed by atoms with van der Waals surface area (Å²) >= 11 is 11.2. The molecule has 17 heavy (non-hydrogen) atoms. The molecular weight excluding hydrogens is 320 g/mol. The van der Waals surface area contributed by atoms with Crippen LogP contribution in [-0.4, -0.2) is 4.98 Å². The van der Waals surface area contributed by atoms with Gasteiger partial charge in [-0.3, -0.25) is 0 Å². The lowest BCUT2D eigenvalue weighted by Crippen LogP contribution is -2.12. The van der Waals surface area contributed by atoms with Gasteiger partial charge in [0.2, 0.25) is 0 Å². The number of rotatable bonds is 4. The minimum absolute atomic E-state index is 0.763. The van der Waals surface area contributed by atoms with E-state index in [1.54, 1.807) is 11.3 Å². The fourth-order valence-corrected chi connectivity index (χ4v) is 2.81. The molecule has 0 amide bonds. The van der Waals surface area contributed by atoms with E-state index < -0.39 is 0 Å². The van der Waals surface area contributed by atoms with Crippen LogP contribution in [0.3, 0.4) is 0 Å². The molecular formula is C12H12BrClN2S. The zero-order valence-corrected chi connectivity index (χ0v) is 12.5. The molecule has 0 saturated carbocycles. The van der Waals surface area contributed by atoms with Gasteiger partial charge in [-0.1, -0.05) is 27.5 Å². The highest BCUT2D eigenvalue weighted by Gasteiger charge is 2.03. The SMILES string of the molecule is Cc1ncsc1CNCc1cc(Cl)ccc1Br. The first-order valence-electron chi connectivity index (χ1n) is 5.20. The summed E-state index contributed by atoms with van der Waals surface area (Å²) in [5.74, 6) is 0. The van der Waals surface area contributed by atoms with Crippen LogP contribution in [0.5, 0.6) is 0 Å². The van der Waals surface area contributed by atoms with Crippen LogP contribution in [0.4, 0.5) is 0 Å². The minimum atomic E-state index is 0.763. The fraction of sp³-hybridized carbons (Fsp3) is 0.250. The van der Waals surface area contributed by atoms with Crippen molar-refractivity contribution in [1.82, 2.24) is 10.3 Å². The predicted molar refractivity (Wildman–Crippen MR) is 76.5 cm³/mol. The van der Waals surface area contributed by atoms with Crippen molar-refractivity contribution in [2.75, 3.05) is 0 Å². The van der Waals surface area contributed by atoms with Crippen molar-refractivity contribution in [3.05, 3.63) is 49.3 Å². The summed E-state index contributed by atoms with van der Waals surface area (Å²) in [6.45, 7) is 3.66. The van der Waals surface area contributed by atoms with Gasteiger partial charge in [0.1, 0.15) is 0 Å². The first kappa shape index (κ1) is 13.0. The molecule has 90 valence electrons. The van der Waals surface area contributed by atoms with E-state index in [4.69, 9.17) is 11.6 Å². The summed E-state index contributed by atoms with van der Waals surface area (Å²) in [7, 11) is 0. The van der Waals surface area contributed by atoms with Crippen LogP contribution in [0, 0.1) is 6.92 Å². The number of nitrogens with zero attached hydrogens (tertiary/aromatic N) is 1. The van der Waals surface area contributed by atoms with Crippen molar-refractivity contribution in [2.45, 2.75) is 20.0 Å². The van der Waals surface area contributed by atoms with E-state index in [-0.39, 0.29) is 0 Å². The lowest BCUT2D eigenvalue weighted by molar-refractivity contribution is 0.695. The fourth-order valence-electron chi connectivity index (χ4n) is 1.49.